The van der Waals surface area contributed by atoms with Crippen molar-refractivity contribution in [3.05, 3.63) is 29.1 Å². The Morgan fingerprint density at radius 1 is 1.18 bits per heavy atom. The number of phenolic OH excluding ortho intramolecular Hbond substituents is 1. The van der Waals surface area contributed by atoms with E-state index in [1.165, 1.54) is 0 Å². The van der Waals surface area contributed by atoms with Crippen LogP contribution in [-0.2, 0) is 6.18 Å². The molecule has 2 aromatic rings. The average molecular weight is 313 g/mol. The molecule has 114 valence electrons. The van der Waals surface area contributed by atoms with Crippen molar-refractivity contribution >= 4 is 11.8 Å². The zero-order chi connectivity index (χ0) is 16.7. The maximum absolute atomic E-state index is 13.4. The molecule has 0 spiro atoms. The van der Waals surface area contributed by atoms with Gasteiger partial charge in [0.2, 0.25) is 5.95 Å². The number of nitrogens with two attached hydrogens (primary N) is 2. The molecule has 1 heterocycles. The van der Waals surface area contributed by atoms with Crippen molar-refractivity contribution < 1.29 is 22.7 Å². The molecule has 0 radical (unpaired) electrons. The normalized spacial score (nSPS) is 11.2. The number of halogens is 4. The van der Waals surface area contributed by atoms with Crippen molar-refractivity contribution in [2.75, 3.05) is 11.5 Å². The Hall–Kier alpha value is -3.09. The van der Waals surface area contributed by atoms with E-state index < -0.39 is 40.5 Å². The zero-order valence-corrected chi connectivity index (χ0v) is 10.6. The second-order valence-electron chi connectivity index (χ2n) is 4.15. The lowest BCUT2D eigenvalue weighted by Gasteiger charge is -2.13. The molecule has 6 nitrogen and oxygen atoms in total. The van der Waals surface area contributed by atoms with Crippen molar-refractivity contribution in [1.29, 1.82) is 5.26 Å². The highest BCUT2D eigenvalue weighted by molar-refractivity contribution is 5.77. The van der Waals surface area contributed by atoms with Crippen molar-refractivity contribution in [2.24, 2.45) is 0 Å². The van der Waals surface area contributed by atoms with Gasteiger partial charge in [0.15, 0.2) is 0 Å². The van der Waals surface area contributed by atoms with Crippen LogP contribution < -0.4 is 11.5 Å². The molecule has 0 aliphatic rings. The lowest BCUT2D eigenvalue weighted by Crippen LogP contribution is -2.09. The second kappa shape index (κ2) is 5.03. The first-order valence-corrected chi connectivity index (χ1v) is 5.58. The van der Waals surface area contributed by atoms with Crippen LogP contribution in [0, 0.1) is 17.1 Å². The fraction of sp³-hybridized carbons (Fsp3) is 0.0833. The highest BCUT2D eigenvalue weighted by atomic mass is 19.4. The standard InChI is InChI=1S/C12H7F4N5O/c13-7-2-8(22)4(1-6(7)12(14,15)16)9-5(3-17)10(18)21-11(19)20-9/h1-2,22H,(H4,18,19,20,21). The van der Waals surface area contributed by atoms with Gasteiger partial charge in [0, 0.05) is 11.6 Å². The Balaban J connectivity index is 2.82. The van der Waals surface area contributed by atoms with E-state index in [4.69, 9.17) is 16.7 Å². The summed E-state index contributed by atoms with van der Waals surface area (Å²) in [4.78, 5) is 7.10. The third kappa shape index (κ3) is 2.56. The van der Waals surface area contributed by atoms with E-state index in [0.29, 0.717) is 6.07 Å². The first-order valence-electron chi connectivity index (χ1n) is 5.58. The predicted octanol–water partition coefficient (Wildman–Crippen LogP) is 2.04. The highest BCUT2D eigenvalue weighted by Crippen LogP contribution is 2.39. The van der Waals surface area contributed by atoms with Gasteiger partial charge < -0.3 is 16.6 Å². The van der Waals surface area contributed by atoms with Gasteiger partial charge in [-0.15, -0.1) is 0 Å². The zero-order valence-electron chi connectivity index (χ0n) is 10.6. The third-order valence-electron chi connectivity index (χ3n) is 2.71. The Labute approximate surface area is 120 Å². The Morgan fingerprint density at radius 2 is 1.82 bits per heavy atom. The van der Waals surface area contributed by atoms with Crippen LogP contribution in [0.1, 0.15) is 11.1 Å². The number of nitrogens with zero attached hydrogens (tertiary/aromatic N) is 3. The minimum absolute atomic E-state index is 0.272. The number of nitriles is 1. The van der Waals surface area contributed by atoms with E-state index in [2.05, 4.69) is 9.97 Å². The SMILES string of the molecule is N#Cc1c(N)nc(N)nc1-c1cc(C(F)(F)F)c(F)cc1O. The molecule has 1 aromatic carbocycles. The molecule has 2 rings (SSSR count). The van der Waals surface area contributed by atoms with Crippen LogP contribution in [0.3, 0.4) is 0 Å². The van der Waals surface area contributed by atoms with Crippen molar-refractivity contribution in [2.45, 2.75) is 6.18 Å². The first-order chi connectivity index (χ1) is 10.1. The van der Waals surface area contributed by atoms with E-state index in [1.807, 2.05) is 0 Å². The summed E-state index contributed by atoms with van der Waals surface area (Å²) in [6, 6.07) is 2.20. The molecule has 0 saturated heterocycles. The van der Waals surface area contributed by atoms with Crippen LogP contribution in [-0.4, -0.2) is 15.1 Å². The van der Waals surface area contributed by atoms with Crippen molar-refractivity contribution in [3.63, 3.8) is 0 Å². The molecule has 0 aliphatic heterocycles. The molecular formula is C12H7F4N5O. The number of rotatable bonds is 1. The van der Waals surface area contributed by atoms with Gasteiger partial charge in [-0.25, -0.2) is 9.37 Å². The average Bonchev–Trinajstić information content (AvgIpc) is 2.36. The minimum Gasteiger partial charge on any atom is -0.507 e. The van der Waals surface area contributed by atoms with E-state index in [-0.39, 0.29) is 17.4 Å². The van der Waals surface area contributed by atoms with Gasteiger partial charge in [0.25, 0.3) is 0 Å². The molecule has 0 unspecified atom stereocenters. The summed E-state index contributed by atoms with van der Waals surface area (Å²) in [7, 11) is 0. The summed E-state index contributed by atoms with van der Waals surface area (Å²) >= 11 is 0. The molecule has 5 N–H and O–H groups in total. The Kier molecular flexibility index (Phi) is 3.50. The van der Waals surface area contributed by atoms with Crippen molar-refractivity contribution in [1.82, 2.24) is 9.97 Å². The van der Waals surface area contributed by atoms with Crippen LogP contribution >= 0.6 is 0 Å². The van der Waals surface area contributed by atoms with Gasteiger partial charge in [-0.3, -0.25) is 0 Å². The smallest absolute Gasteiger partial charge is 0.419 e. The Morgan fingerprint density at radius 3 is 2.36 bits per heavy atom. The highest BCUT2D eigenvalue weighted by Gasteiger charge is 2.35. The van der Waals surface area contributed by atoms with E-state index in [9.17, 15) is 22.7 Å². The third-order valence-corrected chi connectivity index (χ3v) is 2.71. The summed E-state index contributed by atoms with van der Waals surface area (Å²) in [6.07, 6.45) is -5.00. The number of phenols is 1. The van der Waals surface area contributed by atoms with Gasteiger partial charge in [-0.1, -0.05) is 0 Å². The number of aromatic hydroxyl groups is 1. The number of alkyl halides is 3. The molecule has 10 heteroatoms. The summed E-state index contributed by atoms with van der Waals surface area (Å²) in [6.45, 7) is 0. The fourth-order valence-corrected chi connectivity index (χ4v) is 1.77. The number of benzene rings is 1. The number of hydrogen-bond donors (Lipinski definition) is 3. The van der Waals surface area contributed by atoms with Crippen LogP contribution in [0.2, 0.25) is 0 Å². The quantitative estimate of drug-likeness (QED) is 0.693. The molecule has 0 bridgehead atoms. The molecule has 0 aliphatic carbocycles. The Bertz CT molecular complexity index is 798. The molecular weight excluding hydrogens is 306 g/mol. The number of nitrogen functional groups attached to an aromatic ring is 2. The lowest BCUT2D eigenvalue weighted by atomic mass is 10.0. The summed E-state index contributed by atoms with van der Waals surface area (Å²) < 4.78 is 51.6. The molecule has 0 fully saturated rings. The maximum Gasteiger partial charge on any atom is 0.419 e. The van der Waals surface area contributed by atoms with E-state index >= 15 is 0 Å². The van der Waals surface area contributed by atoms with Crippen LogP contribution in [0.15, 0.2) is 12.1 Å². The number of anilines is 2. The second-order valence-corrected chi connectivity index (χ2v) is 4.15. The lowest BCUT2D eigenvalue weighted by molar-refractivity contribution is -0.139. The first kappa shape index (κ1) is 15.3. The van der Waals surface area contributed by atoms with Crippen LogP contribution in [0.25, 0.3) is 11.3 Å². The predicted molar refractivity (Wildman–Crippen MR) is 67.6 cm³/mol. The minimum atomic E-state index is -5.00. The largest absolute Gasteiger partial charge is 0.507 e. The van der Waals surface area contributed by atoms with E-state index in [0.717, 1.165) is 0 Å². The molecule has 0 saturated carbocycles. The molecule has 22 heavy (non-hydrogen) atoms. The summed E-state index contributed by atoms with van der Waals surface area (Å²) in [5.41, 5.74) is 7.81. The van der Waals surface area contributed by atoms with Gasteiger partial charge in [0.1, 0.15) is 29.0 Å². The molecule has 0 atom stereocenters. The van der Waals surface area contributed by atoms with Crippen molar-refractivity contribution in [3.8, 4) is 23.1 Å². The van der Waals surface area contributed by atoms with Gasteiger partial charge in [0.05, 0.1) is 11.3 Å². The topological polar surface area (TPSA) is 122 Å². The van der Waals surface area contributed by atoms with Crippen LogP contribution in [0.4, 0.5) is 29.3 Å². The monoisotopic (exact) mass is 313 g/mol. The maximum atomic E-state index is 13.4. The molecule has 1 aromatic heterocycles. The van der Waals surface area contributed by atoms with E-state index in [1.54, 1.807) is 6.07 Å². The number of hydrogen-bond acceptors (Lipinski definition) is 6. The summed E-state index contributed by atoms with van der Waals surface area (Å²) in [5.74, 6) is -3.30. The van der Waals surface area contributed by atoms with Crippen LogP contribution in [0.5, 0.6) is 5.75 Å². The summed E-state index contributed by atoms with van der Waals surface area (Å²) in [5, 5.41) is 18.7. The number of aromatic nitrogens is 2. The molecule has 0 amide bonds. The van der Waals surface area contributed by atoms with Gasteiger partial charge in [-0.2, -0.15) is 23.4 Å². The van der Waals surface area contributed by atoms with Gasteiger partial charge >= 0.3 is 6.18 Å². The van der Waals surface area contributed by atoms with Gasteiger partial charge in [-0.05, 0) is 6.07 Å². The fourth-order valence-electron chi connectivity index (χ4n) is 1.77.